The number of guanidine groups is 1. The van der Waals surface area contributed by atoms with Crippen LogP contribution in [0, 0.1) is 0 Å². The number of rotatable bonds is 4. The van der Waals surface area contributed by atoms with E-state index >= 15 is 0 Å². The normalized spacial score (nSPS) is 18.0. The van der Waals surface area contributed by atoms with Gasteiger partial charge in [0.1, 0.15) is 12.0 Å². The van der Waals surface area contributed by atoms with Crippen molar-refractivity contribution in [3.05, 3.63) is 48.4 Å². The third kappa shape index (κ3) is 5.12. The number of aromatic nitrogens is 1. The molecule has 1 saturated heterocycles. The molecule has 0 amide bonds. The molecule has 1 unspecified atom stereocenters. The van der Waals surface area contributed by atoms with Crippen LogP contribution in [0.25, 0.3) is 0 Å². The summed E-state index contributed by atoms with van der Waals surface area (Å²) in [4.78, 5) is 6.72. The molecule has 3 rings (SSSR count). The highest BCUT2D eigenvalue weighted by Gasteiger charge is 2.20. The van der Waals surface area contributed by atoms with E-state index in [0.717, 1.165) is 31.2 Å². The quantitative estimate of drug-likeness (QED) is 0.434. The van der Waals surface area contributed by atoms with Crippen LogP contribution < -0.4 is 15.5 Å². The van der Waals surface area contributed by atoms with Gasteiger partial charge < -0.3 is 20.1 Å². The molecule has 1 aliphatic rings. The molecular weight excluding hydrogens is 417 g/mol. The van der Waals surface area contributed by atoms with Crippen molar-refractivity contribution < 1.29 is 4.52 Å². The average Bonchev–Trinajstić information content (AvgIpc) is 3.13. The molecule has 2 N–H and O–H groups in total. The van der Waals surface area contributed by atoms with E-state index in [1.807, 2.05) is 6.07 Å². The van der Waals surface area contributed by atoms with Gasteiger partial charge in [0.15, 0.2) is 5.96 Å². The minimum absolute atomic E-state index is 0. The first-order valence-electron chi connectivity index (χ1n) is 8.01. The minimum Gasteiger partial charge on any atom is -0.369 e. The van der Waals surface area contributed by atoms with Gasteiger partial charge >= 0.3 is 0 Å². The summed E-state index contributed by atoms with van der Waals surface area (Å²) >= 11 is 0. The smallest absolute Gasteiger partial charge is 0.191 e. The summed E-state index contributed by atoms with van der Waals surface area (Å²) in [7, 11) is 1.79. The fraction of sp³-hybridized carbons (Fsp3) is 0.412. The molecule has 24 heavy (non-hydrogen) atoms. The monoisotopic (exact) mass is 441 g/mol. The first-order chi connectivity index (χ1) is 11.3. The van der Waals surface area contributed by atoms with Crippen LogP contribution in [-0.2, 0) is 6.54 Å². The summed E-state index contributed by atoms with van der Waals surface area (Å²) in [5.41, 5.74) is 2.15. The third-order valence-electron chi connectivity index (χ3n) is 4.04. The first kappa shape index (κ1) is 18.6. The van der Waals surface area contributed by atoms with Crippen molar-refractivity contribution >= 4 is 35.6 Å². The summed E-state index contributed by atoms with van der Waals surface area (Å²) in [6.45, 7) is 2.69. The van der Waals surface area contributed by atoms with Crippen molar-refractivity contribution in [3.8, 4) is 0 Å². The maximum atomic E-state index is 4.84. The summed E-state index contributed by atoms with van der Waals surface area (Å²) in [6.07, 6.45) is 3.90. The highest BCUT2D eigenvalue weighted by atomic mass is 127. The van der Waals surface area contributed by atoms with Crippen molar-refractivity contribution in [1.29, 1.82) is 0 Å². The Morgan fingerprint density at radius 3 is 2.88 bits per heavy atom. The van der Waals surface area contributed by atoms with Gasteiger partial charge in [-0.05, 0) is 25.0 Å². The standard InChI is InChI=1S/C17H23N5O.HI/c1-18-17(19-12-14-9-11-23-21-14)20-15-6-5-10-22(13-15)16-7-3-2-4-8-16;/h2-4,7-9,11,15H,5-6,10,12-13H2,1H3,(H2,18,19,20);1H. The lowest BCUT2D eigenvalue weighted by atomic mass is 10.1. The Hall–Kier alpha value is -1.77. The highest BCUT2D eigenvalue weighted by Crippen LogP contribution is 2.19. The van der Waals surface area contributed by atoms with E-state index in [0.29, 0.717) is 12.6 Å². The molecule has 2 aromatic rings. The fourth-order valence-corrected chi connectivity index (χ4v) is 2.86. The van der Waals surface area contributed by atoms with E-state index in [4.69, 9.17) is 4.52 Å². The molecule has 0 saturated carbocycles. The second-order valence-electron chi connectivity index (χ2n) is 5.68. The summed E-state index contributed by atoms with van der Waals surface area (Å²) in [5.74, 6) is 0.799. The number of nitrogens with zero attached hydrogens (tertiary/aromatic N) is 3. The number of benzene rings is 1. The lowest BCUT2D eigenvalue weighted by Gasteiger charge is -2.35. The molecule has 1 aromatic carbocycles. The van der Waals surface area contributed by atoms with Gasteiger partial charge in [0.2, 0.25) is 0 Å². The Morgan fingerprint density at radius 2 is 2.17 bits per heavy atom. The Kier molecular flexibility index (Phi) is 7.36. The van der Waals surface area contributed by atoms with E-state index in [1.54, 1.807) is 13.3 Å². The average molecular weight is 441 g/mol. The number of halogens is 1. The van der Waals surface area contributed by atoms with Crippen LogP contribution in [0.2, 0.25) is 0 Å². The summed E-state index contributed by atoms with van der Waals surface area (Å²) in [6, 6.07) is 12.8. The molecule has 0 bridgehead atoms. The lowest BCUT2D eigenvalue weighted by molar-refractivity contribution is 0.410. The Balaban J connectivity index is 0.00000208. The maximum Gasteiger partial charge on any atom is 0.191 e. The van der Waals surface area contributed by atoms with Crippen molar-refractivity contribution in [2.24, 2.45) is 4.99 Å². The van der Waals surface area contributed by atoms with Crippen LogP contribution in [-0.4, -0.2) is 37.3 Å². The molecule has 6 nitrogen and oxygen atoms in total. The van der Waals surface area contributed by atoms with Crippen LogP contribution >= 0.6 is 24.0 Å². The van der Waals surface area contributed by atoms with Gasteiger partial charge in [0, 0.05) is 37.9 Å². The zero-order chi connectivity index (χ0) is 15.9. The molecule has 0 spiro atoms. The predicted molar refractivity (Wildman–Crippen MR) is 107 cm³/mol. The van der Waals surface area contributed by atoms with Gasteiger partial charge in [-0.1, -0.05) is 23.4 Å². The second-order valence-corrected chi connectivity index (χ2v) is 5.68. The van der Waals surface area contributed by atoms with E-state index in [9.17, 15) is 0 Å². The number of anilines is 1. The van der Waals surface area contributed by atoms with Crippen LogP contribution in [0.5, 0.6) is 0 Å². The Morgan fingerprint density at radius 1 is 1.33 bits per heavy atom. The van der Waals surface area contributed by atoms with Gasteiger partial charge in [0.05, 0.1) is 6.54 Å². The minimum atomic E-state index is 0. The SMILES string of the molecule is CN=C(NCc1ccon1)NC1CCCN(c2ccccc2)C1.I. The number of piperidine rings is 1. The van der Waals surface area contributed by atoms with Crippen molar-refractivity contribution in [2.45, 2.75) is 25.4 Å². The zero-order valence-corrected chi connectivity index (χ0v) is 16.1. The number of hydrogen-bond donors (Lipinski definition) is 2. The molecule has 0 radical (unpaired) electrons. The first-order valence-corrected chi connectivity index (χ1v) is 8.01. The van der Waals surface area contributed by atoms with Crippen molar-refractivity contribution in [3.63, 3.8) is 0 Å². The second kappa shape index (κ2) is 9.51. The van der Waals surface area contributed by atoms with E-state index < -0.39 is 0 Å². The van der Waals surface area contributed by atoms with Gasteiger partial charge in [-0.15, -0.1) is 24.0 Å². The molecular formula is C17H24IN5O. The van der Waals surface area contributed by atoms with Gasteiger partial charge in [-0.25, -0.2) is 0 Å². The molecule has 1 fully saturated rings. The molecule has 1 atom stereocenters. The van der Waals surface area contributed by atoms with E-state index in [1.165, 1.54) is 12.1 Å². The van der Waals surface area contributed by atoms with Crippen LogP contribution in [0.4, 0.5) is 5.69 Å². The fourth-order valence-electron chi connectivity index (χ4n) is 2.86. The van der Waals surface area contributed by atoms with Crippen molar-refractivity contribution in [1.82, 2.24) is 15.8 Å². The van der Waals surface area contributed by atoms with Gasteiger partial charge in [-0.2, -0.15) is 0 Å². The topological polar surface area (TPSA) is 65.7 Å². The van der Waals surface area contributed by atoms with Crippen LogP contribution in [0.1, 0.15) is 18.5 Å². The summed E-state index contributed by atoms with van der Waals surface area (Å²) in [5, 5.41) is 10.7. The van der Waals surface area contributed by atoms with Crippen LogP contribution in [0.15, 0.2) is 52.2 Å². The molecule has 0 aliphatic carbocycles. The van der Waals surface area contributed by atoms with Gasteiger partial charge in [0.25, 0.3) is 0 Å². The number of hydrogen-bond acceptors (Lipinski definition) is 4. The van der Waals surface area contributed by atoms with Gasteiger partial charge in [-0.3, -0.25) is 4.99 Å². The maximum absolute atomic E-state index is 4.84. The van der Waals surface area contributed by atoms with Crippen molar-refractivity contribution in [2.75, 3.05) is 25.0 Å². The molecule has 7 heteroatoms. The summed E-state index contributed by atoms with van der Waals surface area (Å²) < 4.78 is 4.84. The zero-order valence-electron chi connectivity index (χ0n) is 13.8. The Bertz CT molecular complexity index is 617. The third-order valence-corrected chi connectivity index (χ3v) is 4.04. The Labute approximate surface area is 159 Å². The molecule has 1 aromatic heterocycles. The largest absolute Gasteiger partial charge is 0.369 e. The highest BCUT2D eigenvalue weighted by molar-refractivity contribution is 14.0. The van der Waals surface area contributed by atoms with E-state index in [-0.39, 0.29) is 24.0 Å². The molecule has 130 valence electrons. The number of para-hydroxylation sites is 1. The predicted octanol–water partition coefficient (Wildman–Crippen LogP) is 2.63. The number of nitrogens with one attached hydrogen (secondary N) is 2. The molecule has 1 aliphatic heterocycles. The number of aliphatic imine (C=N–C) groups is 1. The van der Waals surface area contributed by atoms with Crippen LogP contribution in [0.3, 0.4) is 0 Å². The lowest BCUT2D eigenvalue weighted by Crippen LogP contribution is -2.51. The van der Waals surface area contributed by atoms with E-state index in [2.05, 4.69) is 56.0 Å². The molecule has 2 heterocycles.